The molecule has 0 saturated heterocycles. The highest BCUT2D eigenvalue weighted by Gasteiger charge is 2.10. The van der Waals surface area contributed by atoms with E-state index in [4.69, 9.17) is 4.42 Å². The average Bonchev–Trinajstić information content (AvgIpc) is 2.56. The van der Waals surface area contributed by atoms with E-state index in [0.717, 1.165) is 12.8 Å². The van der Waals surface area contributed by atoms with E-state index < -0.39 is 10.0 Å². The van der Waals surface area contributed by atoms with Crippen LogP contribution in [0.4, 0.5) is 5.88 Å². The highest BCUT2D eigenvalue weighted by Crippen LogP contribution is 2.10. The fourth-order valence-corrected chi connectivity index (χ4v) is 2.19. The van der Waals surface area contributed by atoms with E-state index >= 15 is 0 Å². The molecule has 14 heavy (non-hydrogen) atoms. The second-order valence-electron chi connectivity index (χ2n) is 3.11. The van der Waals surface area contributed by atoms with E-state index in [9.17, 15) is 8.42 Å². The number of hydrogen-bond donors (Lipinski definition) is 1. The molecule has 4 nitrogen and oxygen atoms in total. The van der Waals surface area contributed by atoms with Gasteiger partial charge in [0.25, 0.3) is 0 Å². The molecule has 0 amide bonds. The summed E-state index contributed by atoms with van der Waals surface area (Å²) in [5.74, 6) is 0.433. The molecule has 0 aliphatic heterocycles. The van der Waals surface area contributed by atoms with Gasteiger partial charge in [-0.15, -0.1) is 0 Å². The highest BCUT2D eigenvalue weighted by molar-refractivity contribution is 7.92. The lowest BCUT2D eigenvalue weighted by atomic mass is 10.3. The molecule has 1 rings (SSSR count). The van der Waals surface area contributed by atoms with Crippen LogP contribution in [0.5, 0.6) is 0 Å². The molecular formula is C9H15NO3S. The van der Waals surface area contributed by atoms with E-state index in [-0.39, 0.29) is 11.6 Å². The third kappa shape index (κ3) is 3.83. The van der Waals surface area contributed by atoms with E-state index in [0.29, 0.717) is 6.42 Å². The van der Waals surface area contributed by atoms with Crippen LogP contribution in [-0.4, -0.2) is 14.2 Å². The van der Waals surface area contributed by atoms with Gasteiger partial charge in [-0.25, -0.2) is 8.42 Å². The summed E-state index contributed by atoms with van der Waals surface area (Å²) in [5, 5.41) is 0. The lowest BCUT2D eigenvalue weighted by molar-refractivity contribution is 0.574. The molecule has 0 fully saturated rings. The predicted molar refractivity (Wildman–Crippen MR) is 55.6 cm³/mol. The Morgan fingerprint density at radius 3 is 2.79 bits per heavy atom. The van der Waals surface area contributed by atoms with Gasteiger partial charge in [0, 0.05) is 6.07 Å². The minimum Gasteiger partial charge on any atom is -0.448 e. The first kappa shape index (κ1) is 11.1. The van der Waals surface area contributed by atoms with Crippen molar-refractivity contribution in [3.63, 3.8) is 0 Å². The van der Waals surface area contributed by atoms with Gasteiger partial charge >= 0.3 is 0 Å². The number of sulfonamides is 1. The first-order valence-electron chi connectivity index (χ1n) is 4.68. The van der Waals surface area contributed by atoms with Crippen molar-refractivity contribution in [3.05, 3.63) is 18.4 Å². The Bertz CT molecular complexity index is 342. The van der Waals surface area contributed by atoms with Crippen LogP contribution in [0.25, 0.3) is 0 Å². The van der Waals surface area contributed by atoms with Crippen LogP contribution in [-0.2, 0) is 10.0 Å². The second-order valence-corrected chi connectivity index (χ2v) is 4.95. The molecule has 1 aromatic heterocycles. The van der Waals surface area contributed by atoms with E-state index in [1.54, 1.807) is 12.1 Å². The van der Waals surface area contributed by atoms with Crippen molar-refractivity contribution in [2.75, 3.05) is 10.5 Å². The van der Waals surface area contributed by atoms with Crippen molar-refractivity contribution in [1.82, 2.24) is 0 Å². The lowest BCUT2D eigenvalue weighted by Crippen LogP contribution is -2.16. The molecule has 0 spiro atoms. The molecule has 5 heteroatoms. The van der Waals surface area contributed by atoms with Crippen LogP contribution in [0.1, 0.15) is 26.2 Å². The quantitative estimate of drug-likeness (QED) is 0.743. The molecule has 80 valence electrons. The average molecular weight is 217 g/mol. The maximum atomic E-state index is 11.4. The van der Waals surface area contributed by atoms with Crippen LogP contribution in [0.2, 0.25) is 0 Å². The molecule has 0 unspecified atom stereocenters. The summed E-state index contributed by atoms with van der Waals surface area (Å²) in [7, 11) is -3.22. The maximum Gasteiger partial charge on any atom is 0.235 e. The first-order chi connectivity index (χ1) is 6.64. The van der Waals surface area contributed by atoms with E-state index in [1.165, 1.54) is 6.26 Å². The minimum atomic E-state index is -3.22. The van der Waals surface area contributed by atoms with Crippen molar-refractivity contribution < 1.29 is 12.8 Å². The molecule has 0 atom stereocenters. The van der Waals surface area contributed by atoms with Gasteiger partial charge in [-0.1, -0.05) is 19.8 Å². The van der Waals surface area contributed by atoms with Crippen LogP contribution < -0.4 is 4.72 Å². The van der Waals surface area contributed by atoms with Gasteiger partial charge in [0.05, 0.1) is 12.0 Å². The molecule has 1 N–H and O–H groups in total. The molecule has 0 bridgehead atoms. The Balaban J connectivity index is 2.42. The van der Waals surface area contributed by atoms with Gasteiger partial charge < -0.3 is 4.42 Å². The van der Waals surface area contributed by atoms with E-state index in [2.05, 4.69) is 4.72 Å². The molecule has 0 aliphatic carbocycles. The molecule has 0 radical (unpaired) electrons. The van der Waals surface area contributed by atoms with Gasteiger partial charge in [-0.05, 0) is 12.5 Å². The Hall–Kier alpha value is -0.970. The molecule has 0 aromatic carbocycles. The summed E-state index contributed by atoms with van der Waals surface area (Å²) < 4.78 is 30.1. The summed E-state index contributed by atoms with van der Waals surface area (Å²) in [6, 6.07) is 3.22. The topological polar surface area (TPSA) is 59.3 Å². The SMILES string of the molecule is CCCCCS(=O)(=O)Nc1ccco1. The van der Waals surface area contributed by atoms with Crippen molar-refractivity contribution in [1.29, 1.82) is 0 Å². The van der Waals surface area contributed by atoms with Crippen LogP contribution in [0.3, 0.4) is 0 Å². The Morgan fingerprint density at radius 1 is 1.43 bits per heavy atom. The summed E-state index contributed by atoms with van der Waals surface area (Å²) in [6.07, 6.45) is 4.06. The van der Waals surface area contributed by atoms with Crippen LogP contribution in [0.15, 0.2) is 22.8 Å². The van der Waals surface area contributed by atoms with Crippen molar-refractivity contribution in [2.24, 2.45) is 0 Å². The smallest absolute Gasteiger partial charge is 0.235 e. The monoisotopic (exact) mass is 217 g/mol. The molecule has 0 saturated carbocycles. The predicted octanol–water partition coefficient (Wildman–Crippen LogP) is 2.21. The lowest BCUT2D eigenvalue weighted by Gasteiger charge is -2.03. The zero-order chi connectivity index (χ0) is 10.4. The van der Waals surface area contributed by atoms with Crippen molar-refractivity contribution in [3.8, 4) is 0 Å². The number of hydrogen-bond acceptors (Lipinski definition) is 3. The molecular weight excluding hydrogens is 202 g/mol. The number of anilines is 1. The normalized spacial score (nSPS) is 11.5. The molecule has 1 aromatic rings. The minimum absolute atomic E-state index is 0.154. The fraction of sp³-hybridized carbons (Fsp3) is 0.556. The van der Waals surface area contributed by atoms with E-state index in [1.807, 2.05) is 6.92 Å². The molecule has 1 heterocycles. The van der Waals surface area contributed by atoms with Crippen LogP contribution in [0, 0.1) is 0 Å². The Morgan fingerprint density at radius 2 is 2.21 bits per heavy atom. The third-order valence-electron chi connectivity index (χ3n) is 1.79. The zero-order valence-corrected chi connectivity index (χ0v) is 9.01. The van der Waals surface area contributed by atoms with Gasteiger partial charge in [0.15, 0.2) is 0 Å². The largest absolute Gasteiger partial charge is 0.448 e. The highest BCUT2D eigenvalue weighted by atomic mass is 32.2. The number of nitrogens with one attached hydrogen (secondary N) is 1. The number of furan rings is 1. The third-order valence-corrected chi connectivity index (χ3v) is 3.13. The summed E-state index contributed by atoms with van der Waals surface area (Å²) in [5.41, 5.74) is 0. The van der Waals surface area contributed by atoms with Gasteiger partial charge in [0.1, 0.15) is 0 Å². The zero-order valence-electron chi connectivity index (χ0n) is 8.19. The fourth-order valence-electron chi connectivity index (χ4n) is 1.08. The van der Waals surface area contributed by atoms with Gasteiger partial charge in [-0.3, -0.25) is 4.72 Å². The molecule has 0 aliphatic rings. The van der Waals surface area contributed by atoms with Crippen molar-refractivity contribution in [2.45, 2.75) is 26.2 Å². The standard InChI is InChI=1S/C9H15NO3S/c1-2-3-4-8-14(11,12)10-9-6-5-7-13-9/h5-7,10H,2-4,8H2,1H3. The van der Waals surface area contributed by atoms with Crippen LogP contribution >= 0.6 is 0 Å². The van der Waals surface area contributed by atoms with Gasteiger partial charge in [0.2, 0.25) is 15.9 Å². The second kappa shape index (κ2) is 5.05. The number of rotatable bonds is 6. The first-order valence-corrected chi connectivity index (χ1v) is 6.33. The van der Waals surface area contributed by atoms with Gasteiger partial charge in [-0.2, -0.15) is 0 Å². The Labute approximate surface area is 84.4 Å². The maximum absolute atomic E-state index is 11.4. The Kier molecular flexibility index (Phi) is 4.00. The summed E-state index contributed by atoms with van der Waals surface area (Å²) in [6.45, 7) is 2.03. The van der Waals surface area contributed by atoms with Crippen molar-refractivity contribution >= 4 is 15.9 Å². The summed E-state index contributed by atoms with van der Waals surface area (Å²) in [4.78, 5) is 0. The summed E-state index contributed by atoms with van der Waals surface area (Å²) >= 11 is 0. The number of unbranched alkanes of at least 4 members (excludes halogenated alkanes) is 2.